The average molecular weight is 352 g/mol. The van der Waals surface area contributed by atoms with Gasteiger partial charge in [0.1, 0.15) is 17.4 Å². The second-order valence-corrected chi connectivity index (χ2v) is 6.65. The van der Waals surface area contributed by atoms with Crippen molar-refractivity contribution in [2.24, 2.45) is 5.73 Å². The normalized spacial score (nSPS) is 16.2. The highest BCUT2D eigenvalue weighted by molar-refractivity contribution is 5.58. The Kier molecular flexibility index (Phi) is 5.17. The highest BCUT2D eigenvalue weighted by atomic mass is 16.5. The number of aromatic amines is 1. The minimum absolute atomic E-state index is 0.0197. The van der Waals surface area contributed by atoms with Crippen LogP contribution in [0.5, 0.6) is 11.6 Å². The summed E-state index contributed by atoms with van der Waals surface area (Å²) in [7, 11) is 0. The number of aromatic nitrogens is 2. The Morgan fingerprint density at radius 2 is 2.15 bits per heavy atom. The van der Waals surface area contributed by atoms with E-state index in [1.165, 1.54) is 0 Å². The van der Waals surface area contributed by atoms with Crippen LogP contribution in [0.25, 0.3) is 0 Å². The number of nitrogens with one attached hydrogen (secondary N) is 1. The number of nitrogens with zero attached hydrogens (tertiary/aromatic N) is 2. The molecule has 0 aliphatic carbocycles. The maximum absolute atomic E-state index is 9.76. The summed E-state index contributed by atoms with van der Waals surface area (Å²) in [5.74, 6) is 0.919. The first kappa shape index (κ1) is 17.9. The van der Waals surface area contributed by atoms with Crippen molar-refractivity contribution < 1.29 is 9.47 Å². The molecule has 3 N–H and O–H groups in total. The van der Waals surface area contributed by atoms with Crippen molar-refractivity contribution in [3.8, 4) is 17.7 Å². The standard InChI is InChI=1S/C20H24N4O2/c1-4-5-9-15-18-17(13-8-6-7-10-16(13)25-12(2)3)14(11-21)19(22)26-20(18)24-23-15/h6-8,10,12,17H,4-5,9,22H2,1-3H3,(H,23,24). The molecule has 1 atom stereocenters. The molecule has 1 aromatic heterocycles. The van der Waals surface area contributed by atoms with Crippen molar-refractivity contribution in [2.45, 2.75) is 52.1 Å². The second kappa shape index (κ2) is 7.52. The minimum atomic E-state index is -0.357. The Bertz CT molecular complexity index is 861. The molecule has 6 nitrogen and oxygen atoms in total. The molecule has 0 spiro atoms. The van der Waals surface area contributed by atoms with Gasteiger partial charge in [-0.25, -0.2) is 0 Å². The predicted octanol–water partition coefficient (Wildman–Crippen LogP) is 3.76. The summed E-state index contributed by atoms with van der Waals surface area (Å²) < 4.78 is 11.6. The van der Waals surface area contributed by atoms with E-state index >= 15 is 0 Å². The number of fused-ring (bicyclic) bond motifs is 1. The van der Waals surface area contributed by atoms with Crippen molar-refractivity contribution >= 4 is 0 Å². The van der Waals surface area contributed by atoms with Crippen LogP contribution in [-0.4, -0.2) is 16.3 Å². The molecule has 0 bridgehead atoms. The van der Waals surface area contributed by atoms with Gasteiger partial charge in [0.05, 0.1) is 17.6 Å². The third-order valence-corrected chi connectivity index (χ3v) is 4.39. The zero-order chi connectivity index (χ0) is 18.7. The van der Waals surface area contributed by atoms with Gasteiger partial charge in [-0.2, -0.15) is 5.26 Å². The molecule has 3 rings (SSSR count). The van der Waals surface area contributed by atoms with Gasteiger partial charge in [-0.15, -0.1) is 5.10 Å². The van der Waals surface area contributed by atoms with E-state index in [4.69, 9.17) is 15.2 Å². The van der Waals surface area contributed by atoms with Crippen LogP contribution < -0.4 is 15.2 Å². The molecule has 0 radical (unpaired) electrons. The first-order chi connectivity index (χ1) is 12.6. The summed E-state index contributed by atoms with van der Waals surface area (Å²) in [6.45, 7) is 6.10. The zero-order valence-corrected chi connectivity index (χ0v) is 15.4. The van der Waals surface area contributed by atoms with Gasteiger partial charge in [-0.1, -0.05) is 31.5 Å². The molecule has 0 saturated carbocycles. The number of unbranched alkanes of at least 4 members (excludes halogenated alkanes) is 1. The van der Waals surface area contributed by atoms with E-state index in [9.17, 15) is 5.26 Å². The molecule has 1 unspecified atom stereocenters. The summed E-state index contributed by atoms with van der Waals surface area (Å²) >= 11 is 0. The van der Waals surface area contributed by atoms with Crippen LogP contribution in [0.3, 0.4) is 0 Å². The lowest BCUT2D eigenvalue weighted by Crippen LogP contribution is -2.22. The van der Waals surface area contributed by atoms with Crippen molar-refractivity contribution in [1.82, 2.24) is 10.2 Å². The van der Waals surface area contributed by atoms with Crippen LogP contribution in [-0.2, 0) is 6.42 Å². The number of nitriles is 1. The summed E-state index contributed by atoms with van der Waals surface area (Å²) in [6, 6.07) is 9.98. The topological polar surface area (TPSA) is 97.0 Å². The smallest absolute Gasteiger partial charge is 0.244 e. The van der Waals surface area contributed by atoms with Gasteiger partial charge in [-0.3, -0.25) is 5.10 Å². The summed E-state index contributed by atoms with van der Waals surface area (Å²) in [6.07, 6.45) is 2.94. The van der Waals surface area contributed by atoms with Crippen LogP contribution >= 0.6 is 0 Å². The summed E-state index contributed by atoms with van der Waals surface area (Å²) in [5, 5.41) is 17.1. The largest absolute Gasteiger partial charge is 0.491 e. The number of ether oxygens (including phenoxy) is 2. The fraction of sp³-hybridized carbons (Fsp3) is 0.400. The quantitative estimate of drug-likeness (QED) is 0.825. The maximum Gasteiger partial charge on any atom is 0.244 e. The van der Waals surface area contributed by atoms with Gasteiger partial charge < -0.3 is 15.2 Å². The number of H-pyrrole nitrogens is 1. The van der Waals surface area contributed by atoms with Gasteiger partial charge in [0.15, 0.2) is 0 Å². The maximum atomic E-state index is 9.76. The van der Waals surface area contributed by atoms with Crippen molar-refractivity contribution in [3.63, 3.8) is 0 Å². The van der Waals surface area contributed by atoms with Crippen LogP contribution in [0.15, 0.2) is 35.7 Å². The first-order valence-corrected chi connectivity index (χ1v) is 8.97. The van der Waals surface area contributed by atoms with E-state index in [-0.39, 0.29) is 17.9 Å². The SMILES string of the molecule is CCCCc1[nH]nc2c1C(c1ccccc1OC(C)C)C(C#N)=C(N)O2. The van der Waals surface area contributed by atoms with E-state index in [1.54, 1.807) is 0 Å². The number of rotatable bonds is 6. The minimum Gasteiger partial charge on any atom is -0.491 e. The Hall–Kier alpha value is -2.94. The average Bonchev–Trinajstić information content (AvgIpc) is 3.01. The van der Waals surface area contributed by atoms with E-state index in [2.05, 4.69) is 23.2 Å². The lowest BCUT2D eigenvalue weighted by atomic mass is 9.83. The lowest BCUT2D eigenvalue weighted by molar-refractivity contribution is 0.239. The van der Waals surface area contributed by atoms with E-state index < -0.39 is 0 Å². The molecule has 1 aliphatic heterocycles. The Morgan fingerprint density at radius 3 is 2.85 bits per heavy atom. The van der Waals surface area contributed by atoms with E-state index in [1.807, 2.05) is 38.1 Å². The number of hydrogen-bond donors (Lipinski definition) is 2. The highest BCUT2D eigenvalue weighted by Crippen LogP contribution is 2.45. The number of nitrogens with two attached hydrogens (primary N) is 1. The molecule has 1 aromatic carbocycles. The molecule has 0 saturated heterocycles. The van der Waals surface area contributed by atoms with Gasteiger partial charge in [0.2, 0.25) is 11.8 Å². The second-order valence-electron chi connectivity index (χ2n) is 6.65. The molecule has 6 heteroatoms. The molecular weight excluding hydrogens is 328 g/mol. The third-order valence-electron chi connectivity index (χ3n) is 4.39. The lowest BCUT2D eigenvalue weighted by Gasteiger charge is -2.26. The number of para-hydroxylation sites is 1. The van der Waals surface area contributed by atoms with Crippen LogP contribution in [0.4, 0.5) is 0 Å². The van der Waals surface area contributed by atoms with Crippen molar-refractivity contribution in [3.05, 3.63) is 52.5 Å². The van der Waals surface area contributed by atoms with Gasteiger partial charge in [0.25, 0.3) is 0 Å². The summed E-state index contributed by atoms with van der Waals surface area (Å²) in [5.41, 5.74) is 9.17. The van der Waals surface area contributed by atoms with Gasteiger partial charge in [0, 0.05) is 11.3 Å². The number of benzene rings is 1. The molecular formula is C20H24N4O2. The number of allylic oxidation sites excluding steroid dienone is 1. The molecule has 0 fully saturated rings. The van der Waals surface area contributed by atoms with Gasteiger partial charge >= 0.3 is 0 Å². The molecule has 2 heterocycles. The van der Waals surface area contributed by atoms with E-state index in [0.717, 1.165) is 41.8 Å². The number of aryl methyl sites for hydroxylation is 1. The molecule has 0 amide bonds. The summed E-state index contributed by atoms with van der Waals surface area (Å²) in [4.78, 5) is 0. The molecule has 2 aromatic rings. The molecule has 136 valence electrons. The monoisotopic (exact) mass is 352 g/mol. The van der Waals surface area contributed by atoms with Gasteiger partial charge in [-0.05, 0) is 32.8 Å². The van der Waals surface area contributed by atoms with Crippen LogP contribution in [0.1, 0.15) is 56.4 Å². The third kappa shape index (κ3) is 3.25. The Morgan fingerprint density at radius 1 is 1.38 bits per heavy atom. The first-order valence-electron chi connectivity index (χ1n) is 8.97. The molecule has 26 heavy (non-hydrogen) atoms. The Labute approximate surface area is 153 Å². The highest BCUT2D eigenvalue weighted by Gasteiger charge is 2.36. The fourth-order valence-electron chi connectivity index (χ4n) is 3.24. The van der Waals surface area contributed by atoms with Crippen LogP contribution in [0.2, 0.25) is 0 Å². The van der Waals surface area contributed by atoms with E-state index in [0.29, 0.717) is 11.5 Å². The number of hydrogen-bond acceptors (Lipinski definition) is 5. The fourth-order valence-corrected chi connectivity index (χ4v) is 3.24. The van der Waals surface area contributed by atoms with Crippen molar-refractivity contribution in [1.29, 1.82) is 5.26 Å². The Balaban J connectivity index is 2.17. The van der Waals surface area contributed by atoms with Crippen LogP contribution in [0, 0.1) is 11.3 Å². The van der Waals surface area contributed by atoms with Crippen molar-refractivity contribution in [2.75, 3.05) is 0 Å². The predicted molar refractivity (Wildman–Crippen MR) is 98.7 cm³/mol. The molecule has 1 aliphatic rings. The zero-order valence-electron chi connectivity index (χ0n) is 15.4.